The third-order valence-corrected chi connectivity index (χ3v) is 4.40. The highest BCUT2D eigenvalue weighted by Gasteiger charge is 2.27. The molecule has 0 aliphatic carbocycles. The van der Waals surface area contributed by atoms with E-state index in [4.69, 9.17) is 9.84 Å². The second-order valence-corrected chi connectivity index (χ2v) is 6.43. The quantitative estimate of drug-likeness (QED) is 0.720. The Morgan fingerprint density at radius 1 is 1.60 bits per heavy atom. The molecule has 1 rings (SSSR count). The first kappa shape index (κ1) is 16.7. The van der Waals surface area contributed by atoms with Crippen LogP contribution in [-0.2, 0) is 14.8 Å². The third-order valence-electron chi connectivity index (χ3n) is 2.41. The Balaban J connectivity index is 3.19. The van der Waals surface area contributed by atoms with Crippen LogP contribution in [0.2, 0.25) is 0 Å². The van der Waals surface area contributed by atoms with Gasteiger partial charge in [0, 0.05) is 4.47 Å². The number of halogens is 1. The van der Waals surface area contributed by atoms with Gasteiger partial charge in [0.15, 0.2) is 0 Å². The molecule has 8 heteroatoms. The molecule has 6 nitrogen and oxygen atoms in total. The van der Waals surface area contributed by atoms with Crippen molar-refractivity contribution < 1.29 is 23.1 Å². The molecule has 0 radical (unpaired) electrons. The zero-order valence-corrected chi connectivity index (χ0v) is 13.1. The topological polar surface area (TPSA) is 92.7 Å². The SMILES string of the molecule is C=CCC(NS(=O)(=O)c1cc(Br)ccc1OC)C(=O)O. The minimum absolute atomic E-state index is 0.0229. The summed E-state index contributed by atoms with van der Waals surface area (Å²) in [5.41, 5.74) is 0. The molecule has 0 aliphatic heterocycles. The molecule has 0 amide bonds. The fourth-order valence-corrected chi connectivity index (χ4v) is 3.39. The first-order valence-electron chi connectivity index (χ1n) is 5.51. The molecular weight excluding hydrogens is 350 g/mol. The van der Waals surface area contributed by atoms with Crippen LogP contribution in [0.15, 0.2) is 40.2 Å². The number of rotatable bonds is 7. The van der Waals surface area contributed by atoms with Crippen molar-refractivity contribution >= 4 is 31.9 Å². The van der Waals surface area contributed by atoms with Crippen LogP contribution in [0.4, 0.5) is 0 Å². The first-order chi connectivity index (χ1) is 9.31. The molecule has 0 aliphatic rings. The molecule has 0 heterocycles. The Kier molecular flexibility index (Phi) is 5.73. The molecule has 110 valence electrons. The van der Waals surface area contributed by atoms with Crippen molar-refractivity contribution in [3.63, 3.8) is 0 Å². The van der Waals surface area contributed by atoms with Crippen molar-refractivity contribution in [2.75, 3.05) is 7.11 Å². The molecule has 2 N–H and O–H groups in total. The van der Waals surface area contributed by atoms with Crippen LogP contribution < -0.4 is 9.46 Å². The van der Waals surface area contributed by atoms with E-state index in [0.29, 0.717) is 4.47 Å². The number of aliphatic carboxylic acids is 1. The Bertz CT molecular complexity index is 614. The van der Waals surface area contributed by atoms with Gasteiger partial charge in [-0.3, -0.25) is 4.79 Å². The van der Waals surface area contributed by atoms with Crippen LogP contribution in [0.25, 0.3) is 0 Å². The Morgan fingerprint density at radius 2 is 2.25 bits per heavy atom. The largest absolute Gasteiger partial charge is 0.495 e. The molecular formula is C12H14BrNO5S. The maximum absolute atomic E-state index is 12.2. The van der Waals surface area contributed by atoms with Gasteiger partial charge in [0.25, 0.3) is 0 Å². The highest BCUT2D eigenvalue weighted by atomic mass is 79.9. The lowest BCUT2D eigenvalue weighted by Crippen LogP contribution is -2.40. The van der Waals surface area contributed by atoms with Crippen molar-refractivity contribution in [2.24, 2.45) is 0 Å². The Hall–Kier alpha value is -1.38. The molecule has 0 saturated heterocycles. The average Bonchev–Trinajstić information content (AvgIpc) is 2.38. The predicted molar refractivity (Wildman–Crippen MR) is 77.3 cm³/mol. The van der Waals surface area contributed by atoms with Gasteiger partial charge in [0.1, 0.15) is 16.7 Å². The second-order valence-electron chi connectivity index (χ2n) is 3.83. The van der Waals surface area contributed by atoms with Crippen molar-refractivity contribution in [1.29, 1.82) is 0 Å². The summed E-state index contributed by atoms with van der Waals surface area (Å²) in [6.45, 7) is 3.40. The lowest BCUT2D eigenvalue weighted by molar-refractivity contribution is -0.138. The predicted octanol–water partition coefficient (Wildman–Crippen LogP) is 1.77. The zero-order valence-electron chi connectivity index (χ0n) is 10.7. The maximum atomic E-state index is 12.2. The van der Waals surface area contributed by atoms with Crippen molar-refractivity contribution in [1.82, 2.24) is 4.72 Å². The van der Waals surface area contributed by atoms with E-state index in [1.54, 1.807) is 6.07 Å². The fraction of sp³-hybridized carbons (Fsp3) is 0.250. The molecule has 0 bridgehead atoms. The number of nitrogens with one attached hydrogen (secondary N) is 1. The summed E-state index contributed by atoms with van der Waals surface area (Å²) in [6, 6.07) is 3.16. The molecule has 1 atom stereocenters. The standard InChI is InChI=1S/C12H14BrNO5S/c1-3-4-9(12(15)16)14-20(17,18)11-7-8(13)5-6-10(11)19-2/h3,5-7,9,14H,1,4H2,2H3,(H,15,16). The summed E-state index contributed by atoms with van der Waals surface area (Å²) in [4.78, 5) is 10.9. The van der Waals surface area contributed by atoms with Crippen molar-refractivity contribution in [2.45, 2.75) is 17.4 Å². The van der Waals surface area contributed by atoms with E-state index in [9.17, 15) is 13.2 Å². The molecule has 0 saturated carbocycles. The van der Waals surface area contributed by atoms with Gasteiger partial charge in [-0.15, -0.1) is 6.58 Å². The van der Waals surface area contributed by atoms with E-state index < -0.39 is 22.0 Å². The summed E-state index contributed by atoms with van der Waals surface area (Å²) in [5.74, 6) is -1.15. The number of carboxylic acids is 1. The summed E-state index contributed by atoms with van der Waals surface area (Å²) < 4.78 is 32.1. The maximum Gasteiger partial charge on any atom is 0.322 e. The minimum atomic E-state index is -4.03. The van der Waals surface area contributed by atoms with Crippen LogP contribution in [0.1, 0.15) is 6.42 Å². The highest BCUT2D eigenvalue weighted by molar-refractivity contribution is 9.10. The van der Waals surface area contributed by atoms with E-state index in [1.165, 1.54) is 25.3 Å². The fourth-order valence-electron chi connectivity index (χ4n) is 1.48. The Labute approximate surface area is 125 Å². The van der Waals surface area contributed by atoms with Gasteiger partial charge in [0.2, 0.25) is 10.0 Å². The van der Waals surface area contributed by atoms with Gasteiger partial charge in [-0.05, 0) is 24.6 Å². The number of hydrogen-bond donors (Lipinski definition) is 2. The number of methoxy groups -OCH3 is 1. The highest BCUT2D eigenvalue weighted by Crippen LogP contribution is 2.27. The second kappa shape index (κ2) is 6.87. The zero-order chi connectivity index (χ0) is 15.3. The smallest absolute Gasteiger partial charge is 0.322 e. The van der Waals surface area contributed by atoms with Crippen molar-refractivity contribution in [3.05, 3.63) is 35.3 Å². The van der Waals surface area contributed by atoms with E-state index in [0.717, 1.165) is 0 Å². The molecule has 1 aromatic carbocycles. The van der Waals surface area contributed by atoms with Crippen molar-refractivity contribution in [3.8, 4) is 5.75 Å². The number of carbonyl (C=O) groups is 1. The lowest BCUT2D eigenvalue weighted by atomic mass is 10.2. The van der Waals surface area contributed by atoms with Gasteiger partial charge >= 0.3 is 5.97 Å². The normalized spacial score (nSPS) is 12.7. The van der Waals surface area contributed by atoms with E-state index in [-0.39, 0.29) is 17.1 Å². The van der Waals surface area contributed by atoms with E-state index in [2.05, 4.69) is 27.2 Å². The first-order valence-corrected chi connectivity index (χ1v) is 7.79. The summed E-state index contributed by atoms with van der Waals surface area (Å²) in [6.07, 6.45) is 1.31. The van der Waals surface area contributed by atoms with Gasteiger partial charge in [-0.2, -0.15) is 4.72 Å². The molecule has 0 spiro atoms. The van der Waals surface area contributed by atoms with E-state index in [1.807, 2.05) is 0 Å². The molecule has 0 aromatic heterocycles. The third kappa shape index (κ3) is 4.06. The minimum Gasteiger partial charge on any atom is -0.495 e. The van der Waals surface area contributed by atoms with E-state index >= 15 is 0 Å². The van der Waals surface area contributed by atoms with Crippen LogP contribution in [0, 0.1) is 0 Å². The lowest BCUT2D eigenvalue weighted by Gasteiger charge is -2.15. The monoisotopic (exact) mass is 363 g/mol. The number of sulfonamides is 1. The summed E-state index contributed by atoms with van der Waals surface area (Å²) >= 11 is 3.16. The van der Waals surface area contributed by atoms with Gasteiger partial charge in [-0.25, -0.2) is 8.42 Å². The summed E-state index contributed by atoms with van der Waals surface area (Å²) in [5, 5.41) is 8.98. The van der Waals surface area contributed by atoms with Crippen LogP contribution in [0.5, 0.6) is 5.75 Å². The molecule has 1 aromatic rings. The van der Waals surface area contributed by atoms with Gasteiger partial charge in [-0.1, -0.05) is 22.0 Å². The number of hydrogen-bond acceptors (Lipinski definition) is 4. The van der Waals surface area contributed by atoms with Crippen LogP contribution in [-0.4, -0.2) is 32.6 Å². The molecule has 0 fully saturated rings. The Morgan fingerprint density at radius 3 is 2.75 bits per heavy atom. The number of benzene rings is 1. The molecule has 1 unspecified atom stereocenters. The van der Waals surface area contributed by atoms with Gasteiger partial charge in [0.05, 0.1) is 7.11 Å². The molecule has 20 heavy (non-hydrogen) atoms. The number of carboxylic acid groups (broad SMARTS) is 1. The average molecular weight is 364 g/mol. The van der Waals surface area contributed by atoms with Gasteiger partial charge < -0.3 is 9.84 Å². The number of ether oxygens (including phenoxy) is 1. The van der Waals surface area contributed by atoms with Crippen LogP contribution in [0.3, 0.4) is 0 Å². The summed E-state index contributed by atoms with van der Waals surface area (Å²) in [7, 11) is -2.69. The van der Waals surface area contributed by atoms with Crippen LogP contribution >= 0.6 is 15.9 Å².